The van der Waals surface area contributed by atoms with Crippen LogP contribution in [0.25, 0.3) is 0 Å². The van der Waals surface area contributed by atoms with Crippen molar-refractivity contribution in [2.24, 2.45) is 0 Å². The van der Waals surface area contributed by atoms with E-state index >= 15 is 0 Å². The Labute approximate surface area is 253 Å². The van der Waals surface area contributed by atoms with Crippen LogP contribution >= 0.6 is 23.2 Å². The number of carboxylic acids is 1. The first-order valence-electron chi connectivity index (χ1n) is 13.6. The SMILES string of the molecule is Cc1ccc(CN2CCc3c(cc(Cl)c(C(=O)N[C@@H](CNC(=O)N[C@@H]4CCc5ccccc54)C(=O)O)c3Cl)C2=O)cc1. The molecule has 1 aliphatic carbocycles. The van der Waals surface area contributed by atoms with Gasteiger partial charge in [0.1, 0.15) is 6.04 Å². The van der Waals surface area contributed by atoms with Crippen LogP contribution in [-0.2, 0) is 24.2 Å². The zero-order valence-electron chi connectivity index (χ0n) is 22.9. The van der Waals surface area contributed by atoms with Crippen molar-refractivity contribution >= 4 is 47.0 Å². The Hall–Kier alpha value is -4.08. The van der Waals surface area contributed by atoms with Gasteiger partial charge in [-0.2, -0.15) is 0 Å². The summed E-state index contributed by atoms with van der Waals surface area (Å²) < 4.78 is 0. The van der Waals surface area contributed by atoms with Crippen molar-refractivity contribution in [3.63, 3.8) is 0 Å². The van der Waals surface area contributed by atoms with E-state index in [1.165, 1.54) is 6.07 Å². The molecule has 0 fully saturated rings. The van der Waals surface area contributed by atoms with Crippen molar-refractivity contribution in [3.8, 4) is 0 Å². The van der Waals surface area contributed by atoms with Crippen LogP contribution in [0.2, 0.25) is 10.0 Å². The quantitative estimate of drug-likeness (QED) is 0.295. The van der Waals surface area contributed by atoms with Crippen LogP contribution in [0.4, 0.5) is 4.79 Å². The second kappa shape index (κ2) is 12.4. The minimum Gasteiger partial charge on any atom is -0.480 e. The lowest BCUT2D eigenvalue weighted by Gasteiger charge is -2.30. The van der Waals surface area contributed by atoms with Gasteiger partial charge >= 0.3 is 12.0 Å². The van der Waals surface area contributed by atoms with Crippen molar-refractivity contribution in [2.75, 3.05) is 13.1 Å². The third-order valence-electron chi connectivity index (χ3n) is 7.70. The fourth-order valence-corrected chi connectivity index (χ4v) is 6.15. The molecule has 0 bridgehead atoms. The molecule has 2 aliphatic rings. The summed E-state index contributed by atoms with van der Waals surface area (Å²) in [5, 5.41) is 17.4. The van der Waals surface area contributed by atoms with Crippen molar-refractivity contribution in [3.05, 3.63) is 104 Å². The number of hydrogen-bond acceptors (Lipinski definition) is 4. The highest BCUT2D eigenvalue weighted by atomic mass is 35.5. The molecule has 4 amide bonds. The van der Waals surface area contributed by atoms with Crippen molar-refractivity contribution in [1.29, 1.82) is 0 Å². The average Bonchev–Trinajstić information content (AvgIpc) is 3.36. The summed E-state index contributed by atoms with van der Waals surface area (Å²) in [5.74, 6) is -2.42. The molecule has 0 spiro atoms. The van der Waals surface area contributed by atoms with Gasteiger partial charge in [-0.05, 0) is 54.5 Å². The van der Waals surface area contributed by atoms with E-state index in [1.54, 1.807) is 4.90 Å². The summed E-state index contributed by atoms with van der Waals surface area (Å²) in [4.78, 5) is 52.6. The van der Waals surface area contributed by atoms with E-state index in [1.807, 2.05) is 55.5 Å². The Morgan fingerprint density at radius 1 is 1.07 bits per heavy atom. The number of nitrogens with zero attached hydrogens (tertiary/aromatic N) is 1. The Morgan fingerprint density at radius 2 is 1.81 bits per heavy atom. The van der Waals surface area contributed by atoms with Crippen LogP contribution < -0.4 is 16.0 Å². The summed E-state index contributed by atoms with van der Waals surface area (Å²) in [6, 6.07) is 15.0. The first-order chi connectivity index (χ1) is 20.1. The third-order valence-corrected chi connectivity index (χ3v) is 8.41. The topological polar surface area (TPSA) is 128 Å². The predicted molar refractivity (Wildman–Crippen MR) is 159 cm³/mol. The minimum absolute atomic E-state index is 0.00748. The van der Waals surface area contributed by atoms with Gasteiger partial charge in [0.2, 0.25) is 0 Å². The van der Waals surface area contributed by atoms with E-state index < -0.39 is 23.9 Å². The molecule has 9 nitrogen and oxygen atoms in total. The number of urea groups is 1. The number of carbonyl (C=O) groups is 4. The number of aliphatic carboxylic acids is 1. The van der Waals surface area contributed by atoms with Crippen molar-refractivity contribution in [2.45, 2.75) is 44.8 Å². The summed E-state index contributed by atoms with van der Waals surface area (Å²) in [6.45, 7) is 2.44. The molecule has 3 aromatic rings. The Balaban J connectivity index is 1.24. The number of halogens is 2. The fourth-order valence-electron chi connectivity index (χ4n) is 5.43. The maximum Gasteiger partial charge on any atom is 0.328 e. The normalized spacial score (nSPS) is 16.3. The molecule has 0 radical (unpaired) electrons. The molecular formula is C31H30Cl2N4O5. The number of aryl methyl sites for hydroxylation is 2. The predicted octanol–water partition coefficient (Wildman–Crippen LogP) is 4.67. The average molecular weight is 610 g/mol. The zero-order valence-corrected chi connectivity index (χ0v) is 24.4. The molecule has 218 valence electrons. The molecule has 0 saturated heterocycles. The number of amides is 4. The van der Waals surface area contributed by atoms with Gasteiger partial charge in [-0.1, -0.05) is 77.3 Å². The van der Waals surface area contributed by atoms with Crippen LogP contribution in [-0.4, -0.2) is 53.0 Å². The van der Waals surface area contributed by atoms with Crippen LogP contribution in [0.5, 0.6) is 0 Å². The molecule has 42 heavy (non-hydrogen) atoms. The molecule has 1 aliphatic heterocycles. The zero-order chi connectivity index (χ0) is 30.0. The minimum atomic E-state index is -1.45. The largest absolute Gasteiger partial charge is 0.480 e. The highest BCUT2D eigenvalue weighted by molar-refractivity contribution is 6.41. The number of hydrogen-bond donors (Lipinski definition) is 4. The summed E-state index contributed by atoms with van der Waals surface area (Å²) in [7, 11) is 0. The molecule has 0 aromatic heterocycles. The first kappa shape index (κ1) is 29.4. The van der Waals surface area contributed by atoms with Gasteiger partial charge in [0.05, 0.1) is 28.2 Å². The molecule has 0 unspecified atom stereocenters. The number of benzene rings is 3. The van der Waals surface area contributed by atoms with Gasteiger partial charge in [-0.15, -0.1) is 0 Å². The number of fused-ring (bicyclic) bond motifs is 2. The maximum atomic E-state index is 13.3. The van der Waals surface area contributed by atoms with Gasteiger partial charge in [-0.25, -0.2) is 9.59 Å². The first-order valence-corrected chi connectivity index (χ1v) is 14.4. The molecule has 3 aromatic carbocycles. The summed E-state index contributed by atoms with van der Waals surface area (Å²) >= 11 is 13.0. The van der Waals surface area contributed by atoms with Gasteiger partial charge in [-0.3, -0.25) is 9.59 Å². The molecule has 2 atom stereocenters. The Bertz CT molecular complexity index is 1560. The summed E-state index contributed by atoms with van der Waals surface area (Å²) in [5.41, 5.74) is 4.98. The van der Waals surface area contributed by atoms with Gasteiger partial charge in [0, 0.05) is 18.7 Å². The van der Waals surface area contributed by atoms with E-state index in [-0.39, 0.29) is 34.1 Å². The molecule has 11 heteroatoms. The number of carbonyl (C=O) groups excluding carboxylic acids is 3. The highest BCUT2D eigenvalue weighted by Gasteiger charge is 2.32. The lowest BCUT2D eigenvalue weighted by atomic mass is 9.95. The number of carboxylic acid groups (broad SMARTS) is 1. The Morgan fingerprint density at radius 3 is 2.55 bits per heavy atom. The van der Waals surface area contributed by atoms with Crippen molar-refractivity contribution < 1.29 is 24.3 Å². The molecule has 1 heterocycles. The van der Waals surface area contributed by atoms with Crippen molar-refractivity contribution in [1.82, 2.24) is 20.9 Å². The van der Waals surface area contributed by atoms with E-state index in [9.17, 15) is 24.3 Å². The third kappa shape index (κ3) is 6.22. The van der Waals surface area contributed by atoms with E-state index in [0.29, 0.717) is 30.6 Å². The monoisotopic (exact) mass is 608 g/mol. The van der Waals surface area contributed by atoms with Crippen LogP contribution in [0.3, 0.4) is 0 Å². The van der Waals surface area contributed by atoms with Crippen LogP contribution in [0.15, 0.2) is 54.6 Å². The standard InChI is InChI=1S/C31H30Cl2N4O5/c1-17-6-8-18(9-7-17)16-37-13-12-21-22(29(37)39)14-23(32)26(27(21)33)28(38)35-25(30(40)41)15-34-31(42)36-24-11-10-19-4-2-3-5-20(19)24/h2-9,14,24-25H,10-13,15-16H2,1H3,(H,35,38)(H,40,41)(H2,34,36,42)/t24-,25+/m1/s1. The maximum absolute atomic E-state index is 13.3. The van der Waals surface area contributed by atoms with Gasteiger partial charge < -0.3 is 26.0 Å². The number of nitrogens with one attached hydrogen (secondary N) is 3. The fraction of sp³-hybridized carbons (Fsp3) is 0.290. The van der Waals surface area contributed by atoms with E-state index in [2.05, 4.69) is 16.0 Å². The molecule has 0 saturated carbocycles. The molecule has 5 rings (SSSR count). The second-order valence-electron chi connectivity index (χ2n) is 10.5. The van der Waals surface area contributed by atoms with Crippen LogP contribution in [0.1, 0.15) is 61.0 Å². The van der Waals surface area contributed by atoms with Gasteiger partial charge in [0.15, 0.2) is 0 Å². The van der Waals surface area contributed by atoms with Crippen LogP contribution in [0, 0.1) is 6.92 Å². The highest BCUT2D eigenvalue weighted by Crippen LogP contribution is 2.35. The van der Waals surface area contributed by atoms with Gasteiger partial charge in [0.25, 0.3) is 11.8 Å². The smallest absolute Gasteiger partial charge is 0.328 e. The molecule has 4 N–H and O–H groups in total. The van der Waals surface area contributed by atoms with E-state index in [4.69, 9.17) is 23.2 Å². The Kier molecular flexibility index (Phi) is 8.70. The lowest BCUT2D eigenvalue weighted by molar-refractivity contribution is -0.139. The number of rotatable bonds is 8. The molecular weight excluding hydrogens is 579 g/mol. The second-order valence-corrected chi connectivity index (χ2v) is 11.3. The summed E-state index contributed by atoms with van der Waals surface area (Å²) in [6.07, 6.45) is 1.98. The van der Waals surface area contributed by atoms with E-state index in [0.717, 1.165) is 35.1 Å². The lowest BCUT2D eigenvalue weighted by Crippen LogP contribution is -2.50.